The van der Waals surface area contributed by atoms with Crippen molar-refractivity contribution >= 4 is 23.9 Å². The SMILES string of the molecule is CCCCCC=CCC=CCCCCCCCC(=O)O.CCCCCCCCC=CCCCCCCCC(=O)O.CCCCCCCCCCCCCCCC(=O)O.CCCCCCCCCCCCCCCCCC(=O)O. The van der Waals surface area contributed by atoms with Crippen LogP contribution in [0.2, 0.25) is 0 Å². The molecule has 462 valence electrons. The van der Waals surface area contributed by atoms with E-state index in [1.54, 1.807) is 0 Å². The van der Waals surface area contributed by atoms with Crippen LogP contribution < -0.4 is 0 Å². The first-order valence-electron chi connectivity index (χ1n) is 33.9. The average Bonchev–Trinajstić information content (AvgIpc) is 3.41. The van der Waals surface area contributed by atoms with Crippen LogP contribution in [-0.2, 0) is 19.2 Å². The molecule has 0 aliphatic heterocycles. The molecule has 0 saturated carbocycles. The van der Waals surface area contributed by atoms with Gasteiger partial charge < -0.3 is 20.4 Å². The molecule has 0 bridgehead atoms. The van der Waals surface area contributed by atoms with Crippen molar-refractivity contribution in [3.63, 3.8) is 0 Å². The molecule has 0 aliphatic rings. The van der Waals surface area contributed by atoms with Crippen LogP contribution in [0, 0.1) is 0 Å². The highest BCUT2D eigenvalue weighted by Gasteiger charge is 2.00. The average molecular weight is 1100 g/mol. The summed E-state index contributed by atoms with van der Waals surface area (Å²) in [6.45, 7) is 9.02. The summed E-state index contributed by atoms with van der Waals surface area (Å²) in [4.78, 5) is 41.3. The van der Waals surface area contributed by atoms with Gasteiger partial charge in [-0.25, -0.2) is 0 Å². The van der Waals surface area contributed by atoms with Gasteiger partial charge in [-0.2, -0.15) is 0 Å². The predicted octanol–water partition coefficient (Wildman–Crippen LogP) is 23.9. The van der Waals surface area contributed by atoms with Gasteiger partial charge in [0.15, 0.2) is 0 Å². The minimum atomic E-state index is -0.671. The Morgan fingerprint density at radius 2 is 0.346 bits per heavy atom. The molecule has 0 radical (unpaired) electrons. The van der Waals surface area contributed by atoms with Crippen LogP contribution in [0.1, 0.15) is 387 Å². The monoisotopic (exact) mass is 1100 g/mol. The number of unbranched alkanes of at least 4 members (excludes halogenated alkanes) is 45. The van der Waals surface area contributed by atoms with Gasteiger partial charge in [-0.3, -0.25) is 19.2 Å². The number of rotatable bonds is 59. The third-order valence-corrected chi connectivity index (χ3v) is 14.5. The molecule has 0 amide bonds. The zero-order chi connectivity index (χ0) is 58.2. The summed E-state index contributed by atoms with van der Waals surface area (Å²) >= 11 is 0. The fraction of sp³-hybridized carbons (Fsp3) is 0.857. The van der Waals surface area contributed by atoms with E-state index in [9.17, 15) is 19.2 Å². The molecular formula is C70H134O8. The Labute approximate surface area is 485 Å². The maximum atomic E-state index is 10.3. The Bertz CT molecular complexity index is 1260. The topological polar surface area (TPSA) is 149 Å². The standard InChI is InChI=1S/C18H36O2.C18H34O2.C18H32O2.C16H32O2/c3*1-2-3-4-5-6-7-8-9-10-11-12-13-14-15-16-17-18(19)20;1-2-3-4-5-6-7-8-9-10-11-12-13-14-15-16(17)18/h2-17H2,1H3,(H,19,20);9-10H,2-8,11-17H2,1H3,(H,19,20);6-7,9-10H,2-5,8,11-17H2,1H3,(H,19,20);2-15H2,1H3,(H,17,18). The smallest absolute Gasteiger partial charge is 0.303 e. The van der Waals surface area contributed by atoms with Crippen LogP contribution in [0.25, 0.3) is 0 Å². The van der Waals surface area contributed by atoms with Crippen LogP contribution >= 0.6 is 0 Å². The van der Waals surface area contributed by atoms with E-state index in [-0.39, 0.29) is 0 Å². The molecule has 0 spiro atoms. The molecule has 8 nitrogen and oxygen atoms in total. The van der Waals surface area contributed by atoms with Gasteiger partial charge in [-0.05, 0) is 83.5 Å². The largest absolute Gasteiger partial charge is 0.481 e. The third-order valence-electron chi connectivity index (χ3n) is 14.5. The van der Waals surface area contributed by atoms with Crippen molar-refractivity contribution in [1.29, 1.82) is 0 Å². The maximum Gasteiger partial charge on any atom is 0.303 e. The zero-order valence-corrected chi connectivity index (χ0v) is 52.5. The molecule has 0 unspecified atom stereocenters. The number of hydrogen-bond acceptors (Lipinski definition) is 4. The molecule has 0 heterocycles. The van der Waals surface area contributed by atoms with Crippen molar-refractivity contribution in [2.45, 2.75) is 387 Å². The number of allylic oxidation sites excluding steroid dienone is 6. The lowest BCUT2D eigenvalue weighted by Crippen LogP contribution is -1.93. The van der Waals surface area contributed by atoms with Gasteiger partial charge >= 0.3 is 23.9 Å². The predicted molar refractivity (Wildman–Crippen MR) is 339 cm³/mol. The molecule has 0 fully saturated rings. The molecule has 4 N–H and O–H groups in total. The first-order chi connectivity index (χ1) is 38.1. The molecule has 0 aliphatic carbocycles. The number of hydrogen-bond donors (Lipinski definition) is 4. The van der Waals surface area contributed by atoms with Crippen molar-refractivity contribution in [3.8, 4) is 0 Å². The van der Waals surface area contributed by atoms with E-state index in [4.69, 9.17) is 20.4 Å². The van der Waals surface area contributed by atoms with Crippen LogP contribution in [0.15, 0.2) is 36.5 Å². The van der Waals surface area contributed by atoms with E-state index in [1.807, 2.05) is 0 Å². The second-order valence-corrected chi connectivity index (χ2v) is 22.6. The molecule has 0 rings (SSSR count). The van der Waals surface area contributed by atoms with E-state index in [0.717, 1.165) is 64.2 Å². The molecule has 0 aromatic rings. The fourth-order valence-electron chi connectivity index (χ4n) is 9.38. The zero-order valence-electron chi connectivity index (χ0n) is 52.5. The minimum Gasteiger partial charge on any atom is -0.481 e. The van der Waals surface area contributed by atoms with Gasteiger partial charge in [-0.15, -0.1) is 0 Å². The third kappa shape index (κ3) is 95.4. The summed E-state index contributed by atoms with van der Waals surface area (Å²) in [5.41, 5.74) is 0. The Kier molecular flexibility index (Phi) is 81.9. The molecule has 0 aromatic heterocycles. The van der Waals surface area contributed by atoms with E-state index >= 15 is 0 Å². The first kappa shape index (κ1) is 81.6. The number of carbonyl (C=O) groups is 4. The fourth-order valence-corrected chi connectivity index (χ4v) is 9.38. The van der Waals surface area contributed by atoms with Crippen LogP contribution in [0.5, 0.6) is 0 Å². The molecule has 0 aromatic carbocycles. The quantitative estimate of drug-likeness (QED) is 0.0347. The van der Waals surface area contributed by atoms with Gasteiger partial charge in [0.25, 0.3) is 0 Å². The summed E-state index contributed by atoms with van der Waals surface area (Å²) in [5.74, 6) is -2.64. The molecule has 8 heteroatoms. The van der Waals surface area contributed by atoms with Crippen molar-refractivity contribution in [2.75, 3.05) is 0 Å². The van der Waals surface area contributed by atoms with Crippen molar-refractivity contribution in [3.05, 3.63) is 36.5 Å². The van der Waals surface area contributed by atoms with Gasteiger partial charge in [0.2, 0.25) is 0 Å². The van der Waals surface area contributed by atoms with Gasteiger partial charge in [0.1, 0.15) is 0 Å². The van der Waals surface area contributed by atoms with E-state index in [2.05, 4.69) is 64.2 Å². The minimum absolute atomic E-state index is 0.324. The van der Waals surface area contributed by atoms with E-state index in [1.165, 1.54) is 270 Å². The van der Waals surface area contributed by atoms with Crippen LogP contribution in [-0.4, -0.2) is 44.3 Å². The summed E-state index contributed by atoms with van der Waals surface area (Å²) < 4.78 is 0. The molecular weight excluding hydrogens is 969 g/mol. The van der Waals surface area contributed by atoms with Crippen molar-refractivity contribution in [1.82, 2.24) is 0 Å². The van der Waals surface area contributed by atoms with E-state index in [0.29, 0.717) is 25.7 Å². The van der Waals surface area contributed by atoms with Crippen LogP contribution in [0.3, 0.4) is 0 Å². The van der Waals surface area contributed by atoms with Gasteiger partial charge in [-0.1, -0.05) is 315 Å². The molecule has 0 atom stereocenters. The van der Waals surface area contributed by atoms with E-state index < -0.39 is 23.9 Å². The lowest BCUT2D eigenvalue weighted by Gasteiger charge is -2.03. The summed E-state index contributed by atoms with van der Waals surface area (Å²) in [5, 5.41) is 34.0. The highest BCUT2D eigenvalue weighted by molar-refractivity contribution is 5.67. The maximum absolute atomic E-state index is 10.3. The van der Waals surface area contributed by atoms with Crippen molar-refractivity contribution in [2.24, 2.45) is 0 Å². The van der Waals surface area contributed by atoms with Crippen LogP contribution in [0.4, 0.5) is 0 Å². The lowest BCUT2D eigenvalue weighted by molar-refractivity contribution is -0.138. The second-order valence-electron chi connectivity index (χ2n) is 22.6. The Balaban J connectivity index is -0.000000468. The van der Waals surface area contributed by atoms with Gasteiger partial charge in [0.05, 0.1) is 0 Å². The van der Waals surface area contributed by atoms with Crippen molar-refractivity contribution < 1.29 is 39.6 Å². The second kappa shape index (κ2) is 78.3. The number of carboxylic acid groups (broad SMARTS) is 4. The first-order valence-corrected chi connectivity index (χ1v) is 33.9. The van der Waals surface area contributed by atoms with Gasteiger partial charge in [0, 0.05) is 25.7 Å². The Morgan fingerprint density at radius 1 is 0.205 bits per heavy atom. The Morgan fingerprint density at radius 3 is 0.538 bits per heavy atom. The summed E-state index contributed by atoms with van der Waals surface area (Å²) in [6, 6.07) is 0. The highest BCUT2D eigenvalue weighted by Crippen LogP contribution is 2.16. The Hall–Kier alpha value is -2.90. The summed E-state index contributed by atoms with van der Waals surface area (Å²) in [6.07, 6.45) is 81.0. The molecule has 78 heavy (non-hydrogen) atoms. The number of carboxylic acids is 4. The number of aliphatic carboxylic acids is 4. The normalized spacial score (nSPS) is 11.1. The highest BCUT2D eigenvalue weighted by atomic mass is 16.4. The summed E-state index contributed by atoms with van der Waals surface area (Å²) in [7, 11) is 0. The molecule has 0 saturated heterocycles. The lowest BCUT2D eigenvalue weighted by atomic mass is 10.0.